The molecule has 0 atom stereocenters. The Morgan fingerprint density at radius 2 is 1.87 bits per heavy atom. The molecule has 0 heterocycles. The lowest BCUT2D eigenvalue weighted by atomic mass is 9.99. The molecule has 0 N–H and O–H groups in total. The molecular formula is C11H14Cl2O2. The van der Waals surface area contributed by atoms with Crippen LogP contribution in [0.1, 0.15) is 26.7 Å². The molecule has 0 aromatic heterocycles. The zero-order chi connectivity index (χ0) is 11.5. The van der Waals surface area contributed by atoms with Crippen LogP contribution in [0.2, 0.25) is 0 Å². The van der Waals surface area contributed by atoms with Crippen molar-refractivity contribution in [1.82, 2.24) is 0 Å². The van der Waals surface area contributed by atoms with Crippen LogP contribution >= 0.6 is 23.2 Å². The van der Waals surface area contributed by atoms with Gasteiger partial charge in [0.15, 0.2) is 0 Å². The summed E-state index contributed by atoms with van der Waals surface area (Å²) in [6.45, 7) is 4.55. The highest BCUT2D eigenvalue weighted by Crippen LogP contribution is 2.29. The van der Waals surface area contributed by atoms with E-state index in [1.54, 1.807) is 12.2 Å². The largest absolute Gasteiger partial charge is 0.367 e. The van der Waals surface area contributed by atoms with Crippen LogP contribution in [0, 0.1) is 0 Å². The number of halogens is 2. The number of allylic oxidation sites excluding steroid dienone is 2. The highest BCUT2D eigenvalue weighted by molar-refractivity contribution is 6.55. The molecule has 2 nitrogen and oxygen atoms in total. The predicted octanol–water partition coefficient (Wildman–Crippen LogP) is 3.39. The summed E-state index contributed by atoms with van der Waals surface area (Å²) in [6, 6.07) is 0. The third kappa shape index (κ3) is 3.33. The predicted molar refractivity (Wildman–Crippen MR) is 62.1 cm³/mol. The smallest absolute Gasteiger partial charge is 0.215 e. The lowest BCUT2D eigenvalue weighted by molar-refractivity contribution is -0.111. The lowest BCUT2D eigenvalue weighted by Gasteiger charge is -2.26. The van der Waals surface area contributed by atoms with Crippen LogP contribution in [0.25, 0.3) is 0 Å². The average molecular weight is 249 g/mol. The van der Waals surface area contributed by atoms with Crippen molar-refractivity contribution < 1.29 is 9.53 Å². The third-order valence-electron chi connectivity index (χ3n) is 2.17. The van der Waals surface area contributed by atoms with Gasteiger partial charge in [-0.1, -0.05) is 36.5 Å². The minimum atomic E-state index is -0.656. The highest BCUT2D eigenvalue weighted by atomic mass is 35.5. The second-order valence-corrected chi connectivity index (χ2v) is 4.51. The van der Waals surface area contributed by atoms with E-state index in [4.69, 9.17) is 27.9 Å². The molecule has 0 aromatic carbocycles. The first kappa shape index (κ1) is 12.8. The Morgan fingerprint density at radius 3 is 2.33 bits per heavy atom. The van der Waals surface area contributed by atoms with Crippen LogP contribution in [0.3, 0.4) is 0 Å². The quantitative estimate of drug-likeness (QED) is 0.714. The van der Waals surface area contributed by atoms with E-state index < -0.39 is 5.60 Å². The molecule has 0 aromatic rings. The van der Waals surface area contributed by atoms with Crippen molar-refractivity contribution >= 4 is 29.0 Å². The summed E-state index contributed by atoms with van der Waals surface area (Å²) < 4.78 is 5.63. The molecule has 1 rings (SSSR count). The van der Waals surface area contributed by atoms with Gasteiger partial charge in [-0.25, -0.2) is 0 Å². The molecule has 0 unspecified atom stereocenters. The van der Waals surface area contributed by atoms with Crippen LogP contribution in [0.4, 0.5) is 0 Å². The molecule has 0 amide bonds. The Morgan fingerprint density at radius 1 is 1.33 bits per heavy atom. The first-order valence-electron chi connectivity index (χ1n) is 4.94. The van der Waals surface area contributed by atoms with Crippen LogP contribution in [0.15, 0.2) is 22.2 Å². The van der Waals surface area contributed by atoms with E-state index >= 15 is 0 Å². The van der Waals surface area contributed by atoms with Gasteiger partial charge < -0.3 is 4.74 Å². The van der Waals surface area contributed by atoms with E-state index in [1.807, 2.05) is 6.92 Å². The van der Waals surface area contributed by atoms with E-state index in [9.17, 15) is 4.79 Å². The van der Waals surface area contributed by atoms with Gasteiger partial charge in [0.2, 0.25) is 5.78 Å². The summed E-state index contributed by atoms with van der Waals surface area (Å²) in [7, 11) is 0. The summed E-state index contributed by atoms with van der Waals surface area (Å²) in [5.41, 5.74) is -0.656. The number of ether oxygens (including phenoxy) is 1. The molecule has 0 bridgehead atoms. The molecule has 0 radical (unpaired) electrons. The molecule has 0 fully saturated rings. The molecular weight excluding hydrogens is 235 g/mol. The number of Topliss-reactive ketones (excluding diaryl/α,β-unsaturated/α-hetero) is 1. The van der Waals surface area contributed by atoms with Crippen molar-refractivity contribution in [3.8, 4) is 0 Å². The molecule has 4 heteroatoms. The fraction of sp³-hybridized carbons (Fsp3) is 0.545. The molecule has 0 aliphatic heterocycles. The summed E-state index contributed by atoms with van der Waals surface area (Å²) in [6.07, 6.45) is 5.22. The summed E-state index contributed by atoms with van der Waals surface area (Å²) in [4.78, 5) is 11.3. The summed E-state index contributed by atoms with van der Waals surface area (Å²) >= 11 is 11.5. The zero-order valence-electron chi connectivity index (χ0n) is 8.85. The Bertz CT molecular complexity index is 297. The molecule has 0 saturated carbocycles. The van der Waals surface area contributed by atoms with E-state index in [0.29, 0.717) is 6.61 Å². The van der Waals surface area contributed by atoms with Gasteiger partial charge in [-0.05, 0) is 25.5 Å². The van der Waals surface area contributed by atoms with E-state index in [0.717, 1.165) is 12.8 Å². The van der Waals surface area contributed by atoms with Gasteiger partial charge in [-0.3, -0.25) is 4.79 Å². The Kier molecular flexibility index (Phi) is 4.38. The minimum Gasteiger partial charge on any atom is -0.367 e. The van der Waals surface area contributed by atoms with Crippen LogP contribution < -0.4 is 0 Å². The fourth-order valence-electron chi connectivity index (χ4n) is 1.31. The van der Waals surface area contributed by atoms with Gasteiger partial charge in [-0.15, -0.1) is 0 Å². The molecule has 0 saturated heterocycles. The number of unbranched alkanes of at least 4 members (excludes halogenated alkanes) is 1. The Labute approximate surface area is 99.9 Å². The lowest BCUT2D eigenvalue weighted by Crippen LogP contribution is -2.28. The molecule has 15 heavy (non-hydrogen) atoms. The number of rotatable bonds is 4. The average Bonchev–Trinajstić information content (AvgIpc) is 2.14. The van der Waals surface area contributed by atoms with E-state index in [2.05, 4.69) is 6.92 Å². The molecule has 84 valence electrons. The molecule has 0 spiro atoms. The molecule has 1 aliphatic carbocycles. The van der Waals surface area contributed by atoms with Crippen LogP contribution in [0.5, 0.6) is 0 Å². The fourth-order valence-corrected chi connectivity index (χ4v) is 2.00. The first-order chi connectivity index (χ1) is 6.98. The van der Waals surface area contributed by atoms with Gasteiger partial charge in [0, 0.05) is 6.61 Å². The zero-order valence-corrected chi connectivity index (χ0v) is 10.4. The van der Waals surface area contributed by atoms with Crippen LogP contribution in [-0.2, 0) is 9.53 Å². The van der Waals surface area contributed by atoms with E-state index in [1.165, 1.54) is 0 Å². The molecule has 1 aliphatic rings. The number of ketones is 1. The highest BCUT2D eigenvalue weighted by Gasteiger charge is 2.29. The standard InChI is InChI=1S/C11H14Cl2O2/c1-3-4-5-15-11(2)6-8(12)10(14)9(13)7-11/h6-7H,3-5H2,1-2H3. The maximum absolute atomic E-state index is 11.3. The third-order valence-corrected chi connectivity index (χ3v) is 2.73. The van der Waals surface area contributed by atoms with Crippen molar-refractivity contribution in [2.24, 2.45) is 0 Å². The van der Waals surface area contributed by atoms with Gasteiger partial charge in [0.05, 0.1) is 10.1 Å². The Balaban J connectivity index is 2.72. The number of hydrogen-bond acceptors (Lipinski definition) is 2. The second-order valence-electron chi connectivity index (χ2n) is 3.70. The Hall–Kier alpha value is -0.310. The van der Waals surface area contributed by atoms with Gasteiger partial charge in [0.1, 0.15) is 5.60 Å². The van der Waals surface area contributed by atoms with Crippen molar-refractivity contribution in [1.29, 1.82) is 0 Å². The van der Waals surface area contributed by atoms with E-state index in [-0.39, 0.29) is 15.8 Å². The number of hydrogen-bond donors (Lipinski definition) is 0. The monoisotopic (exact) mass is 248 g/mol. The van der Waals surface area contributed by atoms with Crippen molar-refractivity contribution in [2.75, 3.05) is 6.61 Å². The van der Waals surface area contributed by atoms with Gasteiger partial charge in [0.25, 0.3) is 0 Å². The van der Waals surface area contributed by atoms with Crippen molar-refractivity contribution in [3.63, 3.8) is 0 Å². The van der Waals surface area contributed by atoms with Gasteiger partial charge in [-0.2, -0.15) is 0 Å². The van der Waals surface area contributed by atoms with Crippen molar-refractivity contribution in [3.05, 3.63) is 22.2 Å². The summed E-state index contributed by atoms with van der Waals surface area (Å²) in [5, 5.41) is 0.253. The normalized spacial score (nSPS) is 19.9. The summed E-state index contributed by atoms with van der Waals surface area (Å²) in [5.74, 6) is -0.338. The topological polar surface area (TPSA) is 26.3 Å². The maximum atomic E-state index is 11.3. The van der Waals surface area contributed by atoms with Gasteiger partial charge >= 0.3 is 0 Å². The number of carbonyl (C=O) groups is 1. The first-order valence-corrected chi connectivity index (χ1v) is 5.69. The SMILES string of the molecule is CCCCOC1(C)C=C(Cl)C(=O)C(Cl)=C1. The number of carbonyl (C=O) groups excluding carboxylic acids is 1. The maximum Gasteiger partial charge on any atom is 0.215 e. The minimum absolute atomic E-state index is 0.126. The van der Waals surface area contributed by atoms with Crippen LogP contribution in [-0.4, -0.2) is 18.0 Å². The van der Waals surface area contributed by atoms with Crippen molar-refractivity contribution in [2.45, 2.75) is 32.3 Å². The second kappa shape index (κ2) is 5.15.